The van der Waals surface area contributed by atoms with Crippen LogP contribution < -0.4 is 5.73 Å². The van der Waals surface area contributed by atoms with Crippen molar-refractivity contribution in [1.82, 2.24) is 0 Å². The first-order chi connectivity index (χ1) is 8.04. The van der Waals surface area contributed by atoms with Gasteiger partial charge < -0.3 is 10.8 Å². The number of rotatable bonds is 4. The Labute approximate surface area is 104 Å². The second-order valence-corrected chi connectivity index (χ2v) is 5.96. The molecular formula is C15H23NO. The van der Waals surface area contributed by atoms with Crippen LogP contribution in [0.2, 0.25) is 0 Å². The van der Waals surface area contributed by atoms with E-state index in [9.17, 15) is 5.11 Å². The smallest absolute Gasteiger partial charge is 0.0522 e. The minimum absolute atomic E-state index is 0.159. The van der Waals surface area contributed by atoms with Crippen LogP contribution in [-0.2, 0) is 10.8 Å². The van der Waals surface area contributed by atoms with Crippen LogP contribution in [0.4, 0.5) is 0 Å². The molecule has 0 bridgehead atoms. The number of hydrogen-bond donors (Lipinski definition) is 2. The van der Waals surface area contributed by atoms with Crippen LogP contribution in [0.15, 0.2) is 24.3 Å². The molecule has 2 heteroatoms. The number of aliphatic hydroxyl groups is 1. The molecule has 0 heterocycles. The van der Waals surface area contributed by atoms with Gasteiger partial charge in [0.15, 0.2) is 0 Å². The molecule has 2 rings (SSSR count). The van der Waals surface area contributed by atoms with Crippen LogP contribution in [0, 0.1) is 0 Å². The minimum atomic E-state index is -0.159. The summed E-state index contributed by atoms with van der Waals surface area (Å²) < 4.78 is 0. The third-order valence-corrected chi connectivity index (χ3v) is 4.38. The highest BCUT2D eigenvalue weighted by molar-refractivity contribution is 5.34. The Morgan fingerprint density at radius 3 is 2.18 bits per heavy atom. The molecule has 0 atom stereocenters. The quantitative estimate of drug-likeness (QED) is 0.838. The van der Waals surface area contributed by atoms with Crippen molar-refractivity contribution in [2.75, 3.05) is 13.2 Å². The molecule has 0 radical (unpaired) electrons. The van der Waals surface area contributed by atoms with Crippen LogP contribution in [0.25, 0.3) is 0 Å². The molecule has 0 saturated heterocycles. The van der Waals surface area contributed by atoms with Gasteiger partial charge in [0.2, 0.25) is 0 Å². The minimum Gasteiger partial charge on any atom is -0.395 e. The molecule has 0 aliphatic heterocycles. The fraction of sp³-hybridized carbons (Fsp3) is 0.600. The van der Waals surface area contributed by atoms with E-state index in [0.29, 0.717) is 0 Å². The van der Waals surface area contributed by atoms with Crippen LogP contribution in [0.3, 0.4) is 0 Å². The average molecular weight is 233 g/mol. The predicted octanol–water partition coefficient (Wildman–Crippen LogP) is 2.34. The maximum Gasteiger partial charge on any atom is 0.0522 e. The van der Waals surface area contributed by atoms with Crippen molar-refractivity contribution in [3.8, 4) is 0 Å². The summed E-state index contributed by atoms with van der Waals surface area (Å²) in [4.78, 5) is 0. The standard InChI is InChI=1S/C15H23NO/c1-14(2,11-17)12-4-6-13(7-5-12)15(10-16)8-3-9-15/h4-7,17H,3,8-11,16H2,1-2H3. The van der Waals surface area contributed by atoms with E-state index in [1.54, 1.807) is 0 Å². The van der Waals surface area contributed by atoms with Gasteiger partial charge in [-0.15, -0.1) is 0 Å². The second-order valence-electron chi connectivity index (χ2n) is 5.96. The SMILES string of the molecule is CC(C)(CO)c1ccc(C2(CN)CCC2)cc1. The van der Waals surface area contributed by atoms with Gasteiger partial charge in [0, 0.05) is 17.4 Å². The van der Waals surface area contributed by atoms with Crippen molar-refractivity contribution in [3.63, 3.8) is 0 Å². The Bertz CT molecular complexity index is 371. The number of hydrogen-bond acceptors (Lipinski definition) is 2. The molecular weight excluding hydrogens is 210 g/mol. The van der Waals surface area contributed by atoms with E-state index in [0.717, 1.165) is 6.54 Å². The van der Waals surface area contributed by atoms with Gasteiger partial charge in [-0.3, -0.25) is 0 Å². The van der Waals surface area contributed by atoms with Gasteiger partial charge in [0.25, 0.3) is 0 Å². The van der Waals surface area contributed by atoms with E-state index >= 15 is 0 Å². The molecule has 17 heavy (non-hydrogen) atoms. The molecule has 1 aromatic carbocycles. The second kappa shape index (κ2) is 4.43. The van der Waals surface area contributed by atoms with E-state index < -0.39 is 0 Å². The predicted molar refractivity (Wildman–Crippen MR) is 71.1 cm³/mol. The highest BCUT2D eigenvalue weighted by Gasteiger charge is 2.37. The van der Waals surface area contributed by atoms with Crippen molar-refractivity contribution >= 4 is 0 Å². The van der Waals surface area contributed by atoms with Gasteiger partial charge in [-0.1, -0.05) is 44.5 Å². The van der Waals surface area contributed by atoms with Crippen molar-refractivity contribution in [2.24, 2.45) is 5.73 Å². The number of benzene rings is 1. The summed E-state index contributed by atoms with van der Waals surface area (Å²) in [6.07, 6.45) is 3.72. The van der Waals surface area contributed by atoms with E-state index in [-0.39, 0.29) is 17.4 Å². The fourth-order valence-electron chi connectivity index (χ4n) is 2.58. The maximum atomic E-state index is 9.36. The van der Waals surface area contributed by atoms with E-state index in [1.807, 2.05) is 0 Å². The molecule has 0 unspecified atom stereocenters. The Kier molecular flexibility index (Phi) is 3.28. The summed E-state index contributed by atoms with van der Waals surface area (Å²) >= 11 is 0. The Balaban J connectivity index is 2.24. The zero-order valence-electron chi connectivity index (χ0n) is 10.9. The highest BCUT2D eigenvalue weighted by atomic mass is 16.3. The van der Waals surface area contributed by atoms with Gasteiger partial charge in [0.1, 0.15) is 0 Å². The molecule has 3 N–H and O–H groups in total. The summed E-state index contributed by atoms with van der Waals surface area (Å²) in [7, 11) is 0. The van der Waals surface area contributed by atoms with Crippen molar-refractivity contribution in [2.45, 2.75) is 43.9 Å². The monoisotopic (exact) mass is 233 g/mol. The Hall–Kier alpha value is -0.860. The largest absolute Gasteiger partial charge is 0.395 e. The van der Waals surface area contributed by atoms with Crippen LogP contribution in [0.5, 0.6) is 0 Å². The fourth-order valence-corrected chi connectivity index (χ4v) is 2.58. The molecule has 94 valence electrons. The normalized spacial score (nSPS) is 18.8. The van der Waals surface area contributed by atoms with Crippen LogP contribution in [0.1, 0.15) is 44.2 Å². The molecule has 1 saturated carbocycles. The third kappa shape index (κ3) is 2.12. The first-order valence-corrected chi connectivity index (χ1v) is 6.46. The molecule has 0 amide bonds. The van der Waals surface area contributed by atoms with Gasteiger partial charge >= 0.3 is 0 Å². The van der Waals surface area contributed by atoms with Crippen molar-refractivity contribution in [3.05, 3.63) is 35.4 Å². The summed E-state index contributed by atoms with van der Waals surface area (Å²) in [6, 6.07) is 8.67. The van der Waals surface area contributed by atoms with Crippen molar-refractivity contribution < 1.29 is 5.11 Å². The lowest BCUT2D eigenvalue weighted by Gasteiger charge is -2.41. The molecule has 1 fully saturated rings. The Morgan fingerprint density at radius 2 is 1.82 bits per heavy atom. The van der Waals surface area contributed by atoms with Crippen molar-refractivity contribution in [1.29, 1.82) is 0 Å². The maximum absolute atomic E-state index is 9.36. The van der Waals surface area contributed by atoms with E-state index in [4.69, 9.17) is 5.73 Å². The van der Waals surface area contributed by atoms with E-state index in [1.165, 1.54) is 30.4 Å². The third-order valence-electron chi connectivity index (χ3n) is 4.38. The number of aliphatic hydroxyl groups excluding tert-OH is 1. The zero-order chi connectivity index (χ0) is 12.5. The van der Waals surface area contributed by atoms with Gasteiger partial charge in [0.05, 0.1) is 6.61 Å². The topological polar surface area (TPSA) is 46.2 Å². The molecule has 1 aliphatic carbocycles. The van der Waals surface area contributed by atoms with Crippen LogP contribution >= 0.6 is 0 Å². The van der Waals surface area contributed by atoms with Crippen LogP contribution in [-0.4, -0.2) is 18.3 Å². The average Bonchev–Trinajstić information content (AvgIpc) is 2.29. The van der Waals surface area contributed by atoms with Gasteiger partial charge in [-0.25, -0.2) is 0 Å². The molecule has 0 aromatic heterocycles. The molecule has 0 spiro atoms. The lowest BCUT2D eigenvalue weighted by molar-refractivity contribution is 0.218. The lowest BCUT2D eigenvalue weighted by Crippen LogP contribution is -2.41. The molecule has 1 aromatic rings. The molecule has 1 aliphatic rings. The first kappa shape index (κ1) is 12.6. The lowest BCUT2D eigenvalue weighted by atomic mass is 9.64. The van der Waals surface area contributed by atoms with E-state index in [2.05, 4.69) is 38.1 Å². The summed E-state index contributed by atoms with van der Waals surface area (Å²) in [5, 5.41) is 9.36. The highest BCUT2D eigenvalue weighted by Crippen LogP contribution is 2.43. The number of nitrogens with two attached hydrogens (primary N) is 1. The van der Waals surface area contributed by atoms with Gasteiger partial charge in [-0.2, -0.15) is 0 Å². The van der Waals surface area contributed by atoms with Gasteiger partial charge in [-0.05, 0) is 24.0 Å². The zero-order valence-corrected chi connectivity index (χ0v) is 10.9. The summed E-state index contributed by atoms with van der Waals surface area (Å²) in [5.41, 5.74) is 8.54. The summed E-state index contributed by atoms with van der Waals surface area (Å²) in [5.74, 6) is 0. The first-order valence-electron chi connectivity index (χ1n) is 6.46. The summed E-state index contributed by atoms with van der Waals surface area (Å²) in [6.45, 7) is 5.04. The molecule has 2 nitrogen and oxygen atoms in total. The Morgan fingerprint density at radius 1 is 1.24 bits per heavy atom.